The van der Waals surface area contributed by atoms with E-state index in [1.165, 1.54) is 18.2 Å². The molecule has 1 aliphatic heterocycles. The summed E-state index contributed by atoms with van der Waals surface area (Å²) in [5.74, 6) is 0.178. The van der Waals surface area contributed by atoms with Crippen LogP contribution in [0.5, 0.6) is 11.5 Å². The molecule has 1 fully saturated rings. The van der Waals surface area contributed by atoms with Crippen LogP contribution in [0.1, 0.15) is 23.2 Å². The molecule has 2 rings (SSSR count). The quantitative estimate of drug-likeness (QED) is 0.739. The maximum absolute atomic E-state index is 11.9. The van der Waals surface area contributed by atoms with E-state index >= 15 is 0 Å². The largest absolute Gasteiger partial charge is 0.507 e. The van der Waals surface area contributed by atoms with Crippen LogP contribution in [0.2, 0.25) is 0 Å². The van der Waals surface area contributed by atoms with Crippen LogP contribution < -0.4 is 5.32 Å². The smallest absolute Gasteiger partial charge is 0.259 e. The first-order chi connectivity index (χ1) is 8.58. The number of carbonyl (C=O) groups is 1. The number of phenols is 2. The average molecular weight is 269 g/mol. The van der Waals surface area contributed by atoms with Crippen molar-refractivity contribution in [2.75, 3.05) is 11.5 Å². The first kappa shape index (κ1) is 12.9. The Hall–Kier alpha value is -1.56. The molecule has 18 heavy (non-hydrogen) atoms. The van der Waals surface area contributed by atoms with Crippen molar-refractivity contribution in [1.29, 1.82) is 0 Å². The van der Waals surface area contributed by atoms with Crippen LogP contribution in [0.3, 0.4) is 0 Å². The van der Waals surface area contributed by atoms with E-state index in [1.807, 2.05) is 0 Å². The van der Waals surface area contributed by atoms with E-state index < -0.39 is 16.7 Å². The molecule has 5 nitrogen and oxygen atoms in total. The standard InChI is InChI=1S/C12H15NO4S/c14-9-2-1-3-10(15)11(9)12(16)13-8-4-6-18(17)7-5-8/h1-3,8,14-15H,4-7H2,(H,13,16). The van der Waals surface area contributed by atoms with Gasteiger partial charge in [0.25, 0.3) is 5.91 Å². The van der Waals surface area contributed by atoms with Crippen molar-refractivity contribution in [1.82, 2.24) is 5.32 Å². The number of amides is 1. The predicted molar refractivity (Wildman–Crippen MR) is 68.1 cm³/mol. The van der Waals surface area contributed by atoms with Gasteiger partial charge in [0.05, 0.1) is 0 Å². The molecule has 1 aliphatic rings. The first-order valence-electron chi connectivity index (χ1n) is 5.74. The highest BCUT2D eigenvalue weighted by Crippen LogP contribution is 2.26. The van der Waals surface area contributed by atoms with Gasteiger partial charge in [-0.3, -0.25) is 9.00 Å². The Morgan fingerprint density at radius 1 is 1.22 bits per heavy atom. The summed E-state index contributed by atoms with van der Waals surface area (Å²) in [5, 5.41) is 21.9. The fourth-order valence-corrected chi connectivity index (χ4v) is 3.26. The lowest BCUT2D eigenvalue weighted by Crippen LogP contribution is -2.39. The Balaban J connectivity index is 2.06. The number of aromatic hydroxyl groups is 2. The van der Waals surface area contributed by atoms with E-state index in [1.54, 1.807) is 0 Å². The van der Waals surface area contributed by atoms with Gasteiger partial charge in [-0.05, 0) is 25.0 Å². The Kier molecular flexibility index (Phi) is 3.86. The molecule has 1 aromatic carbocycles. The fraction of sp³-hybridized carbons (Fsp3) is 0.417. The molecule has 1 amide bonds. The number of hydrogen-bond acceptors (Lipinski definition) is 4. The summed E-state index contributed by atoms with van der Waals surface area (Å²) in [6.07, 6.45) is 1.32. The summed E-state index contributed by atoms with van der Waals surface area (Å²) < 4.78 is 11.2. The highest BCUT2D eigenvalue weighted by atomic mass is 32.2. The monoisotopic (exact) mass is 269 g/mol. The first-order valence-corrected chi connectivity index (χ1v) is 7.23. The number of phenolic OH excluding ortho intramolecular Hbond substituents is 2. The number of nitrogens with one attached hydrogen (secondary N) is 1. The number of rotatable bonds is 2. The highest BCUT2D eigenvalue weighted by molar-refractivity contribution is 7.85. The predicted octanol–water partition coefficient (Wildman–Crippen LogP) is 0.739. The molecular formula is C12H15NO4S. The highest BCUT2D eigenvalue weighted by Gasteiger charge is 2.22. The molecule has 0 radical (unpaired) electrons. The van der Waals surface area contributed by atoms with Crippen molar-refractivity contribution in [3.8, 4) is 11.5 Å². The van der Waals surface area contributed by atoms with E-state index in [0.29, 0.717) is 24.3 Å². The zero-order valence-corrected chi connectivity index (χ0v) is 10.6. The third kappa shape index (κ3) is 2.81. The van der Waals surface area contributed by atoms with Gasteiger partial charge < -0.3 is 15.5 Å². The lowest BCUT2D eigenvalue weighted by Gasteiger charge is -2.22. The molecule has 6 heteroatoms. The van der Waals surface area contributed by atoms with Crippen LogP contribution in [-0.2, 0) is 10.8 Å². The summed E-state index contributed by atoms with van der Waals surface area (Å²) in [7, 11) is -0.779. The van der Waals surface area contributed by atoms with Gasteiger partial charge >= 0.3 is 0 Å². The van der Waals surface area contributed by atoms with Crippen LogP contribution in [0.25, 0.3) is 0 Å². The Morgan fingerprint density at radius 3 is 2.33 bits per heavy atom. The van der Waals surface area contributed by atoms with E-state index in [4.69, 9.17) is 0 Å². The van der Waals surface area contributed by atoms with Crippen molar-refractivity contribution in [3.05, 3.63) is 23.8 Å². The van der Waals surface area contributed by atoms with E-state index in [0.717, 1.165) is 0 Å². The Bertz CT molecular complexity index is 459. The second-order valence-electron chi connectivity index (χ2n) is 4.27. The van der Waals surface area contributed by atoms with Crippen LogP contribution in [-0.4, -0.2) is 37.9 Å². The number of carbonyl (C=O) groups excluding carboxylic acids is 1. The van der Waals surface area contributed by atoms with E-state index in [9.17, 15) is 19.2 Å². The molecule has 0 atom stereocenters. The maximum atomic E-state index is 11.9. The molecule has 1 heterocycles. The second kappa shape index (κ2) is 5.39. The molecule has 1 aromatic rings. The van der Waals surface area contributed by atoms with Crippen LogP contribution in [0.4, 0.5) is 0 Å². The van der Waals surface area contributed by atoms with Crippen molar-refractivity contribution in [2.45, 2.75) is 18.9 Å². The zero-order valence-electron chi connectivity index (χ0n) is 9.76. The summed E-state index contributed by atoms with van der Waals surface area (Å²) >= 11 is 0. The van der Waals surface area contributed by atoms with Crippen molar-refractivity contribution in [3.63, 3.8) is 0 Å². The zero-order chi connectivity index (χ0) is 13.1. The van der Waals surface area contributed by atoms with Gasteiger partial charge in [0.2, 0.25) is 0 Å². The minimum Gasteiger partial charge on any atom is -0.507 e. The molecule has 3 N–H and O–H groups in total. The third-order valence-corrected chi connectivity index (χ3v) is 4.35. The topological polar surface area (TPSA) is 86.6 Å². The van der Waals surface area contributed by atoms with Crippen LogP contribution in [0.15, 0.2) is 18.2 Å². The minimum absolute atomic E-state index is 0.0470. The van der Waals surface area contributed by atoms with E-state index in [-0.39, 0.29) is 23.1 Å². The molecular weight excluding hydrogens is 254 g/mol. The summed E-state index contributed by atoms with van der Waals surface area (Å²) in [4.78, 5) is 11.9. The van der Waals surface area contributed by atoms with Gasteiger partial charge in [-0.1, -0.05) is 6.07 Å². The lowest BCUT2D eigenvalue weighted by molar-refractivity contribution is 0.0929. The van der Waals surface area contributed by atoms with Gasteiger partial charge in [0.15, 0.2) is 0 Å². The summed E-state index contributed by atoms with van der Waals surface area (Å²) in [5.41, 5.74) is -0.107. The molecule has 0 unspecified atom stereocenters. The van der Waals surface area contributed by atoms with E-state index in [2.05, 4.69) is 5.32 Å². The fourth-order valence-electron chi connectivity index (χ4n) is 1.96. The number of hydrogen-bond donors (Lipinski definition) is 3. The molecule has 0 spiro atoms. The molecule has 0 bridgehead atoms. The third-order valence-electron chi connectivity index (χ3n) is 2.97. The van der Waals surface area contributed by atoms with Crippen molar-refractivity contribution >= 4 is 16.7 Å². The number of benzene rings is 1. The average Bonchev–Trinajstić information content (AvgIpc) is 2.32. The lowest BCUT2D eigenvalue weighted by atomic mass is 10.1. The SMILES string of the molecule is O=C(NC1CCS(=O)CC1)c1c(O)cccc1O. The summed E-state index contributed by atoms with van der Waals surface area (Å²) in [6, 6.07) is 4.12. The van der Waals surface area contributed by atoms with Gasteiger partial charge in [-0.25, -0.2) is 0 Å². The van der Waals surface area contributed by atoms with Gasteiger partial charge in [-0.2, -0.15) is 0 Å². The molecule has 1 saturated heterocycles. The Morgan fingerprint density at radius 2 is 1.78 bits per heavy atom. The van der Waals surface area contributed by atoms with Crippen molar-refractivity contribution in [2.24, 2.45) is 0 Å². The van der Waals surface area contributed by atoms with Crippen LogP contribution >= 0.6 is 0 Å². The maximum Gasteiger partial charge on any atom is 0.259 e. The molecule has 98 valence electrons. The van der Waals surface area contributed by atoms with Gasteiger partial charge in [0.1, 0.15) is 17.1 Å². The van der Waals surface area contributed by atoms with Crippen LogP contribution in [0, 0.1) is 0 Å². The second-order valence-corrected chi connectivity index (χ2v) is 5.96. The van der Waals surface area contributed by atoms with Gasteiger partial charge in [-0.15, -0.1) is 0 Å². The molecule has 0 saturated carbocycles. The Labute approximate surface area is 107 Å². The molecule has 0 aromatic heterocycles. The summed E-state index contributed by atoms with van der Waals surface area (Å²) in [6.45, 7) is 0. The van der Waals surface area contributed by atoms with Crippen molar-refractivity contribution < 1.29 is 19.2 Å². The molecule has 0 aliphatic carbocycles. The van der Waals surface area contributed by atoms with Gasteiger partial charge in [0, 0.05) is 28.3 Å². The normalized spacial score (nSPS) is 23.6. The minimum atomic E-state index is -0.779.